The van der Waals surface area contributed by atoms with E-state index in [1.807, 2.05) is 0 Å². The zero-order chi connectivity index (χ0) is 15.7. The Morgan fingerprint density at radius 3 is 2.76 bits per heavy atom. The third-order valence-electron chi connectivity index (χ3n) is 2.34. The summed E-state index contributed by atoms with van der Waals surface area (Å²) in [5.41, 5.74) is 5.90. The zero-order valence-corrected chi connectivity index (χ0v) is 11.2. The quantitative estimate of drug-likeness (QED) is 0.461. The Hall–Kier alpha value is -2.67. The summed E-state index contributed by atoms with van der Waals surface area (Å²) in [4.78, 5) is 32.7. The van der Waals surface area contributed by atoms with Gasteiger partial charge in [-0.2, -0.15) is 0 Å². The topological polar surface area (TPSA) is 119 Å². The summed E-state index contributed by atoms with van der Waals surface area (Å²) in [6, 6.07) is 6.52. The maximum atomic E-state index is 11.8. The third kappa shape index (κ3) is 6.88. The molecule has 0 saturated carbocycles. The molecule has 0 spiro atoms. The fourth-order valence-electron chi connectivity index (χ4n) is 1.46. The van der Waals surface area contributed by atoms with Crippen LogP contribution in [0.5, 0.6) is 0 Å². The van der Waals surface area contributed by atoms with Crippen molar-refractivity contribution in [2.24, 2.45) is 5.73 Å². The maximum absolute atomic E-state index is 11.8. The maximum Gasteiger partial charge on any atom is 0.328 e. The van der Waals surface area contributed by atoms with Gasteiger partial charge in [-0.1, -0.05) is 12.1 Å². The summed E-state index contributed by atoms with van der Waals surface area (Å²) >= 11 is 0. The first-order chi connectivity index (χ1) is 9.99. The zero-order valence-electron chi connectivity index (χ0n) is 11.2. The number of ether oxygens (including phenoxy) is 1. The van der Waals surface area contributed by atoms with Gasteiger partial charge in [0.05, 0.1) is 6.61 Å². The van der Waals surface area contributed by atoms with Crippen LogP contribution in [-0.4, -0.2) is 42.6 Å². The Kier molecular flexibility index (Phi) is 6.62. The van der Waals surface area contributed by atoms with Crippen molar-refractivity contribution in [2.45, 2.75) is 0 Å². The van der Waals surface area contributed by atoms with E-state index >= 15 is 0 Å². The van der Waals surface area contributed by atoms with Gasteiger partial charge in [-0.15, -0.1) is 0 Å². The Balaban J connectivity index is 2.48. The normalized spacial score (nSPS) is 10.5. The molecular weight excluding hydrogens is 276 g/mol. The van der Waals surface area contributed by atoms with Gasteiger partial charge in [-0.25, -0.2) is 4.79 Å². The molecule has 0 saturated heterocycles. The average Bonchev–Trinajstić information content (AvgIpc) is 2.44. The first-order valence-corrected chi connectivity index (χ1v) is 6.14. The van der Waals surface area contributed by atoms with Crippen LogP contribution in [0, 0.1) is 0 Å². The molecule has 0 unspecified atom stereocenters. The summed E-state index contributed by atoms with van der Waals surface area (Å²) in [7, 11) is 0. The fraction of sp³-hybridized carbons (Fsp3) is 0.214. The molecule has 1 aromatic rings. The van der Waals surface area contributed by atoms with Gasteiger partial charge in [0.25, 0.3) is 5.91 Å². The van der Waals surface area contributed by atoms with Gasteiger partial charge in [-0.05, 0) is 23.8 Å². The van der Waals surface area contributed by atoms with Crippen molar-refractivity contribution >= 4 is 23.9 Å². The van der Waals surface area contributed by atoms with Crippen molar-refractivity contribution < 1.29 is 24.2 Å². The number of carbonyl (C=O) groups is 3. The first-order valence-electron chi connectivity index (χ1n) is 6.14. The van der Waals surface area contributed by atoms with E-state index in [0.29, 0.717) is 11.1 Å². The molecule has 4 N–H and O–H groups in total. The minimum Gasteiger partial charge on any atom is -0.478 e. The highest BCUT2D eigenvalue weighted by Gasteiger charge is 2.05. The lowest BCUT2D eigenvalue weighted by Crippen LogP contribution is -2.28. The fourth-order valence-corrected chi connectivity index (χ4v) is 1.46. The molecule has 21 heavy (non-hydrogen) atoms. The van der Waals surface area contributed by atoms with Crippen LogP contribution in [-0.2, 0) is 14.3 Å². The van der Waals surface area contributed by atoms with Gasteiger partial charge >= 0.3 is 5.97 Å². The molecule has 0 aromatic heterocycles. The number of carboxylic acid groups (broad SMARTS) is 1. The second-order valence-corrected chi connectivity index (χ2v) is 4.07. The van der Waals surface area contributed by atoms with Crippen LogP contribution in [0.25, 0.3) is 6.08 Å². The molecule has 7 heteroatoms. The highest BCUT2D eigenvalue weighted by Crippen LogP contribution is 2.07. The van der Waals surface area contributed by atoms with E-state index in [2.05, 4.69) is 5.32 Å². The van der Waals surface area contributed by atoms with Crippen molar-refractivity contribution in [2.75, 3.05) is 19.8 Å². The molecule has 0 fully saturated rings. The number of primary amides is 1. The monoisotopic (exact) mass is 292 g/mol. The Morgan fingerprint density at radius 1 is 1.33 bits per heavy atom. The lowest BCUT2D eigenvalue weighted by Gasteiger charge is -2.06. The Morgan fingerprint density at radius 2 is 2.10 bits per heavy atom. The number of nitrogens with one attached hydrogen (secondary N) is 1. The number of benzene rings is 1. The van der Waals surface area contributed by atoms with Gasteiger partial charge in [0.2, 0.25) is 5.91 Å². The molecular formula is C14H16N2O5. The largest absolute Gasteiger partial charge is 0.478 e. The van der Waals surface area contributed by atoms with Gasteiger partial charge in [0.15, 0.2) is 0 Å². The molecule has 112 valence electrons. The number of rotatable bonds is 8. The van der Waals surface area contributed by atoms with Crippen molar-refractivity contribution in [3.63, 3.8) is 0 Å². The van der Waals surface area contributed by atoms with E-state index in [9.17, 15) is 14.4 Å². The predicted molar refractivity (Wildman–Crippen MR) is 75.5 cm³/mol. The van der Waals surface area contributed by atoms with Gasteiger partial charge in [0, 0.05) is 18.2 Å². The summed E-state index contributed by atoms with van der Waals surface area (Å²) in [5.74, 6) is -1.95. The van der Waals surface area contributed by atoms with Crippen LogP contribution in [0.1, 0.15) is 15.9 Å². The number of amides is 2. The summed E-state index contributed by atoms with van der Waals surface area (Å²) in [5, 5.41) is 11.2. The third-order valence-corrected chi connectivity index (χ3v) is 2.34. The van der Waals surface area contributed by atoms with Crippen LogP contribution in [0.3, 0.4) is 0 Å². The molecule has 0 radical (unpaired) electrons. The lowest BCUT2D eigenvalue weighted by atomic mass is 10.1. The molecule has 0 atom stereocenters. The molecule has 7 nitrogen and oxygen atoms in total. The molecule has 2 amide bonds. The number of nitrogens with two attached hydrogens (primary N) is 1. The second kappa shape index (κ2) is 8.49. The number of aliphatic carboxylic acids is 1. The predicted octanol–water partition coefficient (Wildman–Crippen LogP) is 0.0161. The van der Waals surface area contributed by atoms with Crippen molar-refractivity contribution in [3.8, 4) is 0 Å². The van der Waals surface area contributed by atoms with E-state index in [-0.39, 0.29) is 25.7 Å². The van der Waals surface area contributed by atoms with E-state index in [0.717, 1.165) is 6.08 Å². The van der Waals surface area contributed by atoms with Gasteiger partial charge < -0.3 is 20.9 Å². The molecule has 0 aliphatic heterocycles. The number of hydrogen-bond acceptors (Lipinski definition) is 4. The van der Waals surface area contributed by atoms with Crippen LogP contribution in [0.4, 0.5) is 0 Å². The van der Waals surface area contributed by atoms with Crippen molar-refractivity contribution in [3.05, 3.63) is 41.5 Å². The molecule has 0 heterocycles. The van der Waals surface area contributed by atoms with E-state index in [1.54, 1.807) is 24.3 Å². The van der Waals surface area contributed by atoms with E-state index < -0.39 is 11.9 Å². The summed E-state index contributed by atoms with van der Waals surface area (Å²) < 4.78 is 4.90. The smallest absolute Gasteiger partial charge is 0.328 e. The van der Waals surface area contributed by atoms with Gasteiger partial charge in [-0.3, -0.25) is 9.59 Å². The second-order valence-electron chi connectivity index (χ2n) is 4.07. The van der Waals surface area contributed by atoms with Crippen molar-refractivity contribution in [1.82, 2.24) is 5.32 Å². The number of carbonyl (C=O) groups excluding carboxylic acids is 2. The SMILES string of the molecule is NC(=O)COCCNC(=O)c1cccc(/C=C/C(=O)O)c1. The highest BCUT2D eigenvalue weighted by molar-refractivity contribution is 5.95. The molecule has 0 aliphatic carbocycles. The van der Waals surface area contributed by atoms with Crippen LogP contribution in [0.2, 0.25) is 0 Å². The van der Waals surface area contributed by atoms with Crippen molar-refractivity contribution in [1.29, 1.82) is 0 Å². The van der Waals surface area contributed by atoms with Crippen LogP contribution >= 0.6 is 0 Å². The van der Waals surface area contributed by atoms with Gasteiger partial charge in [0.1, 0.15) is 6.61 Å². The average molecular weight is 292 g/mol. The van der Waals surface area contributed by atoms with E-state index in [4.69, 9.17) is 15.6 Å². The standard InChI is InChI=1S/C14H16N2O5/c15-12(17)9-21-7-6-16-14(20)11-3-1-2-10(8-11)4-5-13(18)19/h1-5,8H,6-7,9H2,(H2,15,17)(H,16,20)(H,18,19)/b5-4+. The minimum absolute atomic E-state index is 0.174. The minimum atomic E-state index is -1.06. The molecule has 0 bridgehead atoms. The number of carboxylic acids is 1. The number of hydrogen-bond donors (Lipinski definition) is 3. The van der Waals surface area contributed by atoms with Crippen LogP contribution in [0.15, 0.2) is 30.3 Å². The van der Waals surface area contributed by atoms with Crippen LogP contribution < -0.4 is 11.1 Å². The summed E-state index contributed by atoms with van der Waals surface area (Å²) in [6.07, 6.45) is 2.39. The lowest BCUT2D eigenvalue weighted by molar-refractivity contribution is -0.131. The molecule has 1 aromatic carbocycles. The highest BCUT2D eigenvalue weighted by atomic mass is 16.5. The first kappa shape index (κ1) is 16.4. The summed E-state index contributed by atoms with van der Waals surface area (Å²) in [6.45, 7) is 0.222. The Labute approximate surface area is 121 Å². The molecule has 1 rings (SSSR count). The Bertz CT molecular complexity index is 554. The van der Waals surface area contributed by atoms with E-state index in [1.165, 1.54) is 6.08 Å². The molecule has 0 aliphatic rings.